The Balaban J connectivity index is 2.53. The van der Waals surface area contributed by atoms with Crippen molar-refractivity contribution in [1.82, 2.24) is 10.6 Å². The topological polar surface area (TPSA) is 113 Å². The molecule has 0 atom stereocenters. The summed E-state index contributed by atoms with van der Waals surface area (Å²) >= 11 is 5.66. The third-order valence-electron chi connectivity index (χ3n) is 2.38. The van der Waals surface area contributed by atoms with Gasteiger partial charge in [-0.2, -0.15) is 0 Å². The van der Waals surface area contributed by atoms with Crippen LogP contribution in [0.15, 0.2) is 18.2 Å². The molecule has 0 spiro atoms. The third kappa shape index (κ3) is 5.65. The first-order valence-electron chi connectivity index (χ1n) is 6.19. The van der Waals surface area contributed by atoms with Crippen LogP contribution >= 0.6 is 11.6 Å². The quantitative estimate of drug-likeness (QED) is 0.549. The minimum Gasteiger partial charge on any atom is -0.355 e. The Hall–Kier alpha value is -2.35. The Labute approximate surface area is 126 Å². The second-order valence-corrected chi connectivity index (χ2v) is 4.49. The van der Waals surface area contributed by atoms with Crippen molar-refractivity contribution in [1.29, 1.82) is 0 Å². The highest BCUT2D eigenvalue weighted by atomic mass is 35.5. The molecule has 1 aromatic carbocycles. The van der Waals surface area contributed by atoms with Gasteiger partial charge in [0.2, 0.25) is 5.91 Å². The molecule has 3 N–H and O–H groups in total. The number of nitrogens with one attached hydrogen (secondary N) is 3. The zero-order valence-corrected chi connectivity index (χ0v) is 12.1. The summed E-state index contributed by atoms with van der Waals surface area (Å²) in [6.45, 7) is 2.26. The normalized spacial score (nSPS) is 9.81. The third-order valence-corrected chi connectivity index (χ3v) is 2.70. The van der Waals surface area contributed by atoms with Gasteiger partial charge in [0, 0.05) is 18.3 Å². The standard InChI is InChI=1S/C12H15ClN4O4/c1-2-5-14-11(18)7-15-12(19)16-8-3-4-9(13)10(6-8)17(20)21/h3-4,6H,2,5,7H2,1H3,(H,14,18)(H2,15,16,19). The van der Waals surface area contributed by atoms with E-state index in [1.54, 1.807) is 0 Å². The summed E-state index contributed by atoms with van der Waals surface area (Å²) in [5, 5.41) is 18.0. The molecule has 9 heteroatoms. The minimum absolute atomic E-state index is 0.0232. The summed E-state index contributed by atoms with van der Waals surface area (Å²) in [6.07, 6.45) is 0.798. The fourth-order valence-electron chi connectivity index (χ4n) is 1.39. The molecule has 0 saturated carbocycles. The van der Waals surface area contributed by atoms with Crippen LogP contribution in [0.25, 0.3) is 0 Å². The van der Waals surface area contributed by atoms with Crippen LogP contribution in [0, 0.1) is 10.1 Å². The Morgan fingerprint density at radius 3 is 2.67 bits per heavy atom. The van der Waals surface area contributed by atoms with Crippen LogP contribution < -0.4 is 16.0 Å². The van der Waals surface area contributed by atoms with Gasteiger partial charge >= 0.3 is 6.03 Å². The van der Waals surface area contributed by atoms with E-state index >= 15 is 0 Å². The van der Waals surface area contributed by atoms with Crippen LogP contribution in [0.1, 0.15) is 13.3 Å². The first-order chi connectivity index (χ1) is 9.93. The molecule has 1 aromatic rings. The van der Waals surface area contributed by atoms with E-state index in [1.807, 2.05) is 6.92 Å². The van der Waals surface area contributed by atoms with Crippen LogP contribution in [-0.4, -0.2) is 30.0 Å². The smallest absolute Gasteiger partial charge is 0.319 e. The number of rotatable bonds is 6. The molecule has 3 amide bonds. The van der Waals surface area contributed by atoms with Gasteiger partial charge in [-0.05, 0) is 18.6 Å². The van der Waals surface area contributed by atoms with Gasteiger partial charge in [-0.25, -0.2) is 4.79 Å². The van der Waals surface area contributed by atoms with Gasteiger partial charge < -0.3 is 16.0 Å². The maximum absolute atomic E-state index is 11.6. The largest absolute Gasteiger partial charge is 0.355 e. The number of hydrogen-bond acceptors (Lipinski definition) is 4. The molecule has 0 aliphatic carbocycles. The average molecular weight is 315 g/mol. The number of halogens is 1. The van der Waals surface area contributed by atoms with Crippen molar-refractivity contribution in [3.05, 3.63) is 33.3 Å². The lowest BCUT2D eigenvalue weighted by Gasteiger charge is -2.08. The van der Waals surface area contributed by atoms with E-state index in [9.17, 15) is 19.7 Å². The Kier molecular flexibility index (Phi) is 6.41. The number of nitrogens with zero attached hydrogens (tertiary/aromatic N) is 1. The maximum Gasteiger partial charge on any atom is 0.319 e. The zero-order valence-electron chi connectivity index (χ0n) is 11.3. The van der Waals surface area contributed by atoms with Crippen molar-refractivity contribution in [2.75, 3.05) is 18.4 Å². The number of amides is 3. The predicted octanol–water partition coefficient (Wildman–Crippen LogP) is 1.90. The van der Waals surface area contributed by atoms with Gasteiger partial charge in [-0.1, -0.05) is 18.5 Å². The number of hydrogen-bond donors (Lipinski definition) is 3. The number of nitro groups is 1. The fourth-order valence-corrected chi connectivity index (χ4v) is 1.58. The van der Waals surface area contributed by atoms with E-state index in [-0.39, 0.29) is 28.8 Å². The van der Waals surface area contributed by atoms with Crippen LogP contribution in [0.4, 0.5) is 16.2 Å². The van der Waals surface area contributed by atoms with Gasteiger partial charge in [-0.15, -0.1) is 0 Å². The highest BCUT2D eigenvalue weighted by Crippen LogP contribution is 2.27. The number of carbonyl (C=O) groups is 2. The highest BCUT2D eigenvalue weighted by Gasteiger charge is 2.14. The number of urea groups is 1. The number of carbonyl (C=O) groups excluding carboxylic acids is 2. The van der Waals surface area contributed by atoms with Gasteiger partial charge in [-0.3, -0.25) is 14.9 Å². The van der Waals surface area contributed by atoms with E-state index in [1.165, 1.54) is 12.1 Å². The molecular formula is C12H15ClN4O4. The molecule has 0 heterocycles. The van der Waals surface area contributed by atoms with Gasteiger partial charge in [0.15, 0.2) is 0 Å². The lowest BCUT2D eigenvalue weighted by Crippen LogP contribution is -2.39. The van der Waals surface area contributed by atoms with Crippen molar-refractivity contribution in [2.24, 2.45) is 0 Å². The SMILES string of the molecule is CCCNC(=O)CNC(=O)Nc1ccc(Cl)c([N+](=O)[O-])c1. The second kappa shape index (κ2) is 8.05. The lowest BCUT2D eigenvalue weighted by molar-refractivity contribution is -0.384. The Morgan fingerprint density at radius 2 is 2.05 bits per heavy atom. The van der Waals surface area contributed by atoms with Crippen molar-refractivity contribution in [2.45, 2.75) is 13.3 Å². The minimum atomic E-state index is -0.649. The summed E-state index contributed by atoms with van der Waals surface area (Å²) in [5.41, 5.74) is -0.104. The van der Waals surface area contributed by atoms with Crippen LogP contribution in [-0.2, 0) is 4.79 Å². The first kappa shape index (κ1) is 16.7. The number of benzene rings is 1. The molecule has 0 aromatic heterocycles. The number of nitro benzene ring substituents is 1. The summed E-state index contributed by atoms with van der Waals surface area (Å²) in [5.74, 6) is -0.311. The summed E-state index contributed by atoms with van der Waals surface area (Å²) in [7, 11) is 0. The van der Waals surface area contributed by atoms with Crippen LogP contribution in [0.5, 0.6) is 0 Å². The molecule has 0 aliphatic heterocycles. The van der Waals surface area contributed by atoms with E-state index in [0.29, 0.717) is 6.54 Å². The first-order valence-corrected chi connectivity index (χ1v) is 6.57. The van der Waals surface area contributed by atoms with Crippen molar-refractivity contribution >= 4 is 34.9 Å². The number of anilines is 1. The molecule has 1 rings (SSSR count). The Bertz CT molecular complexity index is 550. The van der Waals surface area contributed by atoms with E-state index < -0.39 is 11.0 Å². The fraction of sp³-hybridized carbons (Fsp3) is 0.333. The molecule has 0 bridgehead atoms. The molecule has 114 valence electrons. The van der Waals surface area contributed by atoms with E-state index in [4.69, 9.17) is 11.6 Å². The van der Waals surface area contributed by atoms with Gasteiger partial charge in [0.05, 0.1) is 11.5 Å². The van der Waals surface area contributed by atoms with Crippen LogP contribution in [0.2, 0.25) is 5.02 Å². The zero-order chi connectivity index (χ0) is 15.8. The van der Waals surface area contributed by atoms with Gasteiger partial charge in [0.25, 0.3) is 5.69 Å². The van der Waals surface area contributed by atoms with Crippen molar-refractivity contribution in [3.8, 4) is 0 Å². The van der Waals surface area contributed by atoms with Crippen molar-refractivity contribution < 1.29 is 14.5 Å². The predicted molar refractivity (Wildman–Crippen MR) is 78.4 cm³/mol. The molecule has 0 radical (unpaired) electrons. The van der Waals surface area contributed by atoms with E-state index in [0.717, 1.165) is 12.5 Å². The van der Waals surface area contributed by atoms with Crippen LogP contribution in [0.3, 0.4) is 0 Å². The maximum atomic E-state index is 11.6. The molecule has 0 fully saturated rings. The molecule has 8 nitrogen and oxygen atoms in total. The monoisotopic (exact) mass is 314 g/mol. The van der Waals surface area contributed by atoms with E-state index in [2.05, 4.69) is 16.0 Å². The summed E-state index contributed by atoms with van der Waals surface area (Å²) in [4.78, 5) is 32.9. The van der Waals surface area contributed by atoms with Gasteiger partial charge in [0.1, 0.15) is 5.02 Å². The van der Waals surface area contributed by atoms with Crippen molar-refractivity contribution in [3.63, 3.8) is 0 Å². The molecule has 21 heavy (non-hydrogen) atoms. The summed E-state index contributed by atoms with van der Waals surface area (Å²) in [6, 6.07) is 3.23. The molecule has 0 saturated heterocycles. The molecule has 0 aliphatic rings. The molecular weight excluding hydrogens is 300 g/mol. The highest BCUT2D eigenvalue weighted by molar-refractivity contribution is 6.32. The molecule has 0 unspecified atom stereocenters. The summed E-state index contributed by atoms with van der Waals surface area (Å²) < 4.78 is 0. The lowest BCUT2D eigenvalue weighted by atomic mass is 10.3. The Morgan fingerprint density at radius 1 is 1.33 bits per heavy atom. The second-order valence-electron chi connectivity index (χ2n) is 4.08. The average Bonchev–Trinajstić information content (AvgIpc) is 2.44.